The first kappa shape index (κ1) is 15.0. The van der Waals surface area contributed by atoms with Crippen molar-refractivity contribution in [2.75, 3.05) is 11.5 Å². The maximum Gasteiger partial charge on any atom is 0.131 e. The molecule has 11 heavy (non-hydrogen) atoms. The Balaban J connectivity index is 0. The van der Waals surface area contributed by atoms with Gasteiger partial charge in [-0.05, 0) is 0 Å². The molecule has 1 radical (unpaired) electrons. The van der Waals surface area contributed by atoms with Gasteiger partial charge in [0.05, 0.1) is 0 Å². The molecule has 0 rings (SSSR count). The molecule has 0 saturated carbocycles. The molecule has 0 aromatic heterocycles. The zero-order valence-electron chi connectivity index (χ0n) is 6.20. The van der Waals surface area contributed by atoms with E-state index in [2.05, 4.69) is 24.4 Å². The zero-order valence-corrected chi connectivity index (χ0v) is 11.5. The van der Waals surface area contributed by atoms with Gasteiger partial charge in [-0.2, -0.15) is 0 Å². The molecule has 0 saturated heterocycles. The van der Waals surface area contributed by atoms with Gasteiger partial charge in [-0.15, -0.1) is 0 Å². The molecule has 0 atom stereocenters. The van der Waals surface area contributed by atoms with Gasteiger partial charge in [0.25, 0.3) is 0 Å². The maximum absolute atomic E-state index is 5.23. The van der Waals surface area contributed by atoms with E-state index in [4.69, 9.17) is 11.5 Å². The van der Waals surface area contributed by atoms with E-state index in [9.17, 15) is 0 Å². The smallest absolute Gasteiger partial charge is 0.131 e. The van der Waals surface area contributed by atoms with Gasteiger partial charge in [0.15, 0.2) is 0 Å². The van der Waals surface area contributed by atoms with Crippen molar-refractivity contribution >= 4 is 86.2 Å². The molecule has 0 unspecified atom stereocenters. The number of hydrogen-bond acceptors (Lipinski definition) is 4. The Bertz CT molecular complexity index is 124. The van der Waals surface area contributed by atoms with E-state index in [-0.39, 0.29) is 29.6 Å². The minimum absolute atomic E-state index is 0. The molecule has 0 aliphatic carbocycles. The van der Waals surface area contributed by atoms with Crippen molar-refractivity contribution in [3.63, 3.8) is 0 Å². The first-order valence-electron chi connectivity index (χ1n) is 2.47. The van der Waals surface area contributed by atoms with E-state index < -0.39 is 0 Å². The second kappa shape index (κ2) is 9.57. The van der Waals surface area contributed by atoms with Crippen LogP contribution in [0.5, 0.6) is 0 Å². The van der Waals surface area contributed by atoms with Gasteiger partial charge in [-0.3, -0.25) is 0 Å². The minimum atomic E-state index is 0. The van der Waals surface area contributed by atoms with Crippen molar-refractivity contribution in [3.05, 3.63) is 0 Å². The SMILES string of the molecule is NC(=S)SCCSC(N)=S.[Na]. The summed E-state index contributed by atoms with van der Waals surface area (Å²) in [5, 5.41) is 0. The largest absolute Gasteiger partial charge is 0.385 e. The standard InChI is InChI=1S/C4H8N2S4.Na/c5-3(7)9-1-2-10-4(6)8;/h1-2H2,(H2,5,7)(H2,6,8);. The molecular formula is C4H8N2NaS4. The van der Waals surface area contributed by atoms with Gasteiger partial charge in [0, 0.05) is 41.1 Å². The van der Waals surface area contributed by atoms with Gasteiger partial charge in [0.1, 0.15) is 8.64 Å². The topological polar surface area (TPSA) is 52.0 Å². The van der Waals surface area contributed by atoms with Crippen molar-refractivity contribution < 1.29 is 0 Å². The van der Waals surface area contributed by atoms with Crippen LogP contribution >= 0.6 is 48.0 Å². The van der Waals surface area contributed by atoms with Crippen molar-refractivity contribution in [1.82, 2.24) is 0 Å². The Morgan fingerprint density at radius 3 is 1.45 bits per heavy atom. The van der Waals surface area contributed by atoms with Crippen LogP contribution in [0.25, 0.3) is 0 Å². The van der Waals surface area contributed by atoms with E-state index in [1.165, 1.54) is 23.5 Å². The second-order valence-corrected chi connectivity index (χ2v) is 5.00. The molecule has 0 aromatic rings. The van der Waals surface area contributed by atoms with E-state index >= 15 is 0 Å². The van der Waals surface area contributed by atoms with Crippen LogP contribution < -0.4 is 11.5 Å². The Labute approximate surface area is 108 Å². The molecule has 0 aliphatic rings. The van der Waals surface area contributed by atoms with Crippen LogP contribution in [0.2, 0.25) is 0 Å². The van der Waals surface area contributed by atoms with Gasteiger partial charge in [-0.25, -0.2) is 0 Å². The summed E-state index contributed by atoms with van der Waals surface area (Å²) in [6.45, 7) is 0. The molecule has 4 N–H and O–H groups in total. The van der Waals surface area contributed by atoms with E-state index in [0.29, 0.717) is 8.64 Å². The molecule has 0 spiro atoms. The summed E-state index contributed by atoms with van der Waals surface area (Å²) in [5.74, 6) is 1.74. The molecular weight excluding hydrogens is 227 g/mol. The monoisotopic (exact) mass is 235 g/mol. The molecule has 7 heteroatoms. The summed E-state index contributed by atoms with van der Waals surface area (Å²) in [5.41, 5.74) is 10.5. The predicted molar refractivity (Wildman–Crippen MR) is 64.2 cm³/mol. The number of thiocarbonyl (C=S) groups is 2. The fourth-order valence-electron chi connectivity index (χ4n) is 0.285. The molecule has 2 nitrogen and oxygen atoms in total. The molecule has 0 heterocycles. The number of rotatable bonds is 3. The van der Waals surface area contributed by atoms with Crippen LogP contribution in [0.4, 0.5) is 0 Å². The fraction of sp³-hybridized carbons (Fsp3) is 0.500. The first-order chi connectivity index (χ1) is 4.63. The number of thioether (sulfide) groups is 2. The summed E-state index contributed by atoms with van der Waals surface area (Å²) >= 11 is 12.2. The molecule has 59 valence electrons. The summed E-state index contributed by atoms with van der Waals surface area (Å²) in [6, 6.07) is 0. The van der Waals surface area contributed by atoms with Crippen LogP contribution in [0.15, 0.2) is 0 Å². The van der Waals surface area contributed by atoms with Crippen LogP contribution in [-0.4, -0.2) is 49.7 Å². The van der Waals surface area contributed by atoms with Crippen LogP contribution in [0.3, 0.4) is 0 Å². The third kappa shape index (κ3) is 14.3. The molecule has 0 amide bonds. The zero-order chi connectivity index (χ0) is 7.98. The Morgan fingerprint density at radius 2 is 1.27 bits per heavy atom. The molecule has 0 bridgehead atoms. The third-order valence-corrected chi connectivity index (χ3v) is 2.92. The van der Waals surface area contributed by atoms with Crippen molar-refractivity contribution in [2.24, 2.45) is 11.5 Å². The Hall–Kier alpha value is 1.48. The summed E-state index contributed by atoms with van der Waals surface area (Å²) in [6.07, 6.45) is 0. The van der Waals surface area contributed by atoms with E-state index in [1.807, 2.05) is 0 Å². The number of hydrogen-bond donors (Lipinski definition) is 2. The van der Waals surface area contributed by atoms with Gasteiger partial charge >= 0.3 is 0 Å². The summed E-state index contributed by atoms with van der Waals surface area (Å²) in [4.78, 5) is 0. The third-order valence-electron chi connectivity index (χ3n) is 0.572. The van der Waals surface area contributed by atoms with Crippen LogP contribution in [0.1, 0.15) is 0 Å². The van der Waals surface area contributed by atoms with Crippen molar-refractivity contribution in [1.29, 1.82) is 0 Å². The van der Waals surface area contributed by atoms with Gasteiger partial charge in [-0.1, -0.05) is 48.0 Å². The van der Waals surface area contributed by atoms with Crippen molar-refractivity contribution in [2.45, 2.75) is 0 Å². The summed E-state index contributed by atoms with van der Waals surface area (Å²) < 4.78 is 0.951. The van der Waals surface area contributed by atoms with E-state index in [1.54, 1.807) is 0 Å². The van der Waals surface area contributed by atoms with Crippen molar-refractivity contribution in [3.8, 4) is 0 Å². The minimum Gasteiger partial charge on any atom is -0.385 e. The van der Waals surface area contributed by atoms with Crippen LogP contribution in [0, 0.1) is 0 Å². The quantitative estimate of drug-likeness (QED) is 0.423. The van der Waals surface area contributed by atoms with Gasteiger partial charge in [0.2, 0.25) is 0 Å². The predicted octanol–water partition coefficient (Wildman–Crippen LogP) is 0.559. The van der Waals surface area contributed by atoms with Gasteiger partial charge < -0.3 is 11.5 Å². The number of nitrogens with two attached hydrogens (primary N) is 2. The van der Waals surface area contributed by atoms with E-state index in [0.717, 1.165) is 11.5 Å². The maximum atomic E-state index is 5.23. The average Bonchev–Trinajstić information content (AvgIpc) is 1.79. The normalized spacial score (nSPS) is 8.36. The van der Waals surface area contributed by atoms with Crippen LogP contribution in [-0.2, 0) is 0 Å². The Morgan fingerprint density at radius 1 is 1.00 bits per heavy atom. The second-order valence-electron chi connectivity index (χ2n) is 1.33. The first-order valence-corrected chi connectivity index (χ1v) is 5.26. The molecule has 0 aromatic carbocycles. The summed E-state index contributed by atoms with van der Waals surface area (Å²) in [7, 11) is 0. The average molecular weight is 235 g/mol. The molecule has 0 fully saturated rings. The fourth-order valence-corrected chi connectivity index (χ4v) is 1.85. The Kier molecular flexibility index (Phi) is 13.0. The molecule has 0 aliphatic heterocycles.